The molecule has 0 saturated heterocycles. The van der Waals surface area contributed by atoms with Crippen LogP contribution in [0, 0.1) is 6.92 Å². The van der Waals surface area contributed by atoms with Crippen molar-refractivity contribution in [2.75, 3.05) is 0 Å². The van der Waals surface area contributed by atoms with Gasteiger partial charge in [-0.25, -0.2) is 0 Å². The molecule has 0 radical (unpaired) electrons. The van der Waals surface area contributed by atoms with E-state index in [4.69, 9.17) is 0 Å². The van der Waals surface area contributed by atoms with Crippen LogP contribution in [-0.2, 0) is 0 Å². The molecule has 0 unspecified atom stereocenters. The fourth-order valence-electron chi connectivity index (χ4n) is 0.279. The Balaban J connectivity index is 0. The van der Waals surface area contributed by atoms with Gasteiger partial charge in [-0.2, -0.15) is 6.42 Å². The van der Waals surface area contributed by atoms with Crippen molar-refractivity contribution < 1.29 is 18.9 Å². The number of unbranched alkanes of at least 4 members (excludes halogenated alkanes) is 1. The summed E-state index contributed by atoms with van der Waals surface area (Å²) in [4.78, 5) is 0. The molecule has 0 aromatic rings. The molecule has 0 bridgehead atoms. The van der Waals surface area contributed by atoms with E-state index in [1.54, 1.807) is 0 Å². The molecule has 0 fully saturated rings. The average molecular weight is 162 g/mol. The van der Waals surface area contributed by atoms with Crippen molar-refractivity contribution in [1.29, 1.82) is 0 Å². The van der Waals surface area contributed by atoms with E-state index < -0.39 is 0 Å². The third kappa shape index (κ3) is 7.90. The van der Waals surface area contributed by atoms with Crippen LogP contribution in [0.3, 0.4) is 0 Å². The van der Waals surface area contributed by atoms with Gasteiger partial charge in [-0.3, -0.25) is 0 Å². The molecule has 0 aliphatic carbocycles. The summed E-state index contributed by atoms with van der Waals surface area (Å²) in [6.07, 6.45) is 2.28. The molecule has 4 nitrogen and oxygen atoms in total. The molecule has 1 aliphatic heterocycles. The molecule has 12 heavy (non-hydrogen) atoms. The second kappa shape index (κ2) is 7.45. The van der Waals surface area contributed by atoms with Gasteiger partial charge in [0.2, 0.25) is 0 Å². The fourth-order valence-corrected chi connectivity index (χ4v) is 0.279. The number of rotatable bonds is 1. The molecule has 5 heteroatoms. The van der Waals surface area contributed by atoms with Gasteiger partial charge in [-0.05, 0) is 24.3 Å². The quantitative estimate of drug-likeness (QED) is 0.390. The van der Waals surface area contributed by atoms with Gasteiger partial charge in [0.15, 0.2) is 5.66 Å². The Morgan fingerprint density at radius 2 is 1.50 bits per heavy atom. The monoisotopic (exact) mass is 162 g/mol. The van der Waals surface area contributed by atoms with Crippen LogP contribution in [0.15, 0.2) is 20.7 Å². The van der Waals surface area contributed by atoms with Crippen LogP contribution < -0.4 is 18.9 Å². The number of nitrogens with zero attached hydrogens (tertiary/aromatic N) is 4. The van der Waals surface area contributed by atoms with Crippen molar-refractivity contribution in [2.45, 2.75) is 39.3 Å². The van der Waals surface area contributed by atoms with E-state index in [9.17, 15) is 0 Å². The van der Waals surface area contributed by atoms with Crippen molar-refractivity contribution in [3.8, 4) is 0 Å². The summed E-state index contributed by atoms with van der Waals surface area (Å²) < 4.78 is 0. The molecule has 0 spiro atoms. The average Bonchev–Trinajstić information content (AvgIpc) is 2.35. The van der Waals surface area contributed by atoms with E-state index in [0.717, 1.165) is 6.42 Å². The first kappa shape index (κ1) is 14.3. The van der Waals surface area contributed by atoms with E-state index in [1.165, 1.54) is 6.42 Å². The van der Waals surface area contributed by atoms with Crippen LogP contribution in [0.1, 0.15) is 33.6 Å². The third-order valence-electron chi connectivity index (χ3n) is 0.972. The first-order valence-corrected chi connectivity index (χ1v) is 3.75. The van der Waals surface area contributed by atoms with Crippen molar-refractivity contribution in [1.82, 2.24) is 0 Å². The molecule has 0 saturated carbocycles. The molecule has 1 heterocycles. The van der Waals surface area contributed by atoms with Crippen LogP contribution in [0.25, 0.3) is 0 Å². The first-order valence-electron chi connectivity index (χ1n) is 3.75. The maximum Gasteiger partial charge on any atom is 1.00 e. The summed E-state index contributed by atoms with van der Waals surface area (Å²) in [5.41, 5.74) is -0.389. The molecule has 1 aliphatic rings. The largest absolute Gasteiger partial charge is 1.00 e. The maximum absolute atomic E-state index is 3.66. The van der Waals surface area contributed by atoms with E-state index in [2.05, 4.69) is 34.5 Å². The second-order valence-electron chi connectivity index (χ2n) is 2.73. The Labute approximate surface area is 86.1 Å². The predicted octanol–water partition coefficient (Wildman–Crippen LogP) is 0.180. The summed E-state index contributed by atoms with van der Waals surface area (Å²) in [5, 5.41) is 14.0. The molecule has 0 aromatic heterocycles. The van der Waals surface area contributed by atoms with E-state index in [1.807, 2.05) is 13.8 Å². The van der Waals surface area contributed by atoms with E-state index >= 15 is 0 Å². The summed E-state index contributed by atoms with van der Waals surface area (Å²) in [6, 6.07) is 0. The van der Waals surface area contributed by atoms with Gasteiger partial charge in [0.05, 0.1) is 0 Å². The molecular weight excluding hydrogens is 147 g/mol. The van der Waals surface area contributed by atoms with Crippen molar-refractivity contribution in [3.05, 3.63) is 6.92 Å². The van der Waals surface area contributed by atoms with Crippen LogP contribution in [0.5, 0.6) is 0 Å². The molecule has 1 rings (SSSR count). The number of hydrogen-bond donors (Lipinski definition) is 0. The Hall–Kier alpha value is -0.203. The summed E-state index contributed by atoms with van der Waals surface area (Å²) >= 11 is 0. The van der Waals surface area contributed by atoms with E-state index in [-0.39, 0.29) is 24.5 Å². The molecule has 0 aromatic carbocycles. The summed E-state index contributed by atoms with van der Waals surface area (Å²) in [7, 11) is 0. The Bertz CT molecular complexity index is 137. The molecule has 64 valence electrons. The second-order valence-corrected chi connectivity index (χ2v) is 2.73. The van der Waals surface area contributed by atoms with E-state index in [0.29, 0.717) is 0 Å². The van der Waals surface area contributed by atoms with Gasteiger partial charge in [0, 0.05) is 0 Å². The SMILES string of the molecule is CC1(C)N=NN=N1.[CH2-]CCC.[Li+]. The van der Waals surface area contributed by atoms with Crippen LogP contribution in [0.4, 0.5) is 0 Å². The fraction of sp³-hybridized carbons (Fsp3) is 0.857. The van der Waals surface area contributed by atoms with Crippen LogP contribution in [0.2, 0.25) is 0 Å². The molecule has 0 atom stereocenters. The van der Waals surface area contributed by atoms with Gasteiger partial charge in [-0.15, -0.1) is 10.2 Å². The number of hydrogen-bond acceptors (Lipinski definition) is 4. The minimum atomic E-state index is -0.389. The Kier molecular flexibility index (Phi) is 8.89. The third-order valence-corrected chi connectivity index (χ3v) is 0.972. The topological polar surface area (TPSA) is 49.4 Å². The zero-order chi connectivity index (χ0) is 8.74. The van der Waals surface area contributed by atoms with Crippen molar-refractivity contribution in [3.63, 3.8) is 0 Å². The smallest absolute Gasteiger partial charge is 0.343 e. The van der Waals surface area contributed by atoms with Crippen molar-refractivity contribution in [2.24, 2.45) is 20.7 Å². The zero-order valence-electron chi connectivity index (χ0n) is 8.41. The molecule has 0 amide bonds. The standard InChI is InChI=1S/C4H9.C3H6N4.Li/c1-3-4-2;1-3(2)4-6-7-5-3;/h1,3-4H2,2H3;1-2H3;/q-1;;+1. The van der Waals surface area contributed by atoms with Gasteiger partial charge in [-0.1, -0.05) is 13.3 Å². The summed E-state index contributed by atoms with van der Waals surface area (Å²) in [6.45, 7) is 9.40. The van der Waals surface area contributed by atoms with Crippen molar-refractivity contribution >= 4 is 0 Å². The zero-order valence-corrected chi connectivity index (χ0v) is 8.41. The Morgan fingerprint density at radius 1 is 1.17 bits per heavy atom. The normalized spacial score (nSPS) is 16.3. The van der Waals surface area contributed by atoms with Gasteiger partial charge >= 0.3 is 18.9 Å². The predicted molar refractivity (Wildman–Crippen MR) is 44.1 cm³/mol. The van der Waals surface area contributed by atoms with Gasteiger partial charge in [0.1, 0.15) is 0 Å². The van der Waals surface area contributed by atoms with Gasteiger partial charge in [0.25, 0.3) is 0 Å². The van der Waals surface area contributed by atoms with Gasteiger partial charge < -0.3 is 6.92 Å². The minimum absolute atomic E-state index is 0. The Morgan fingerprint density at radius 3 is 1.58 bits per heavy atom. The molecule has 0 N–H and O–H groups in total. The molecular formula is C7H15LiN4. The maximum atomic E-state index is 3.66. The van der Waals surface area contributed by atoms with Crippen LogP contribution >= 0.6 is 0 Å². The van der Waals surface area contributed by atoms with Crippen LogP contribution in [-0.4, -0.2) is 5.66 Å². The summed E-state index contributed by atoms with van der Waals surface area (Å²) in [5.74, 6) is 0. The minimum Gasteiger partial charge on any atom is -0.343 e. The first-order chi connectivity index (χ1) is 5.12.